The number of rotatable bonds is 7. The summed E-state index contributed by atoms with van der Waals surface area (Å²) >= 11 is 0. The number of pyridine rings is 1. The summed E-state index contributed by atoms with van der Waals surface area (Å²) < 4.78 is 0. The summed E-state index contributed by atoms with van der Waals surface area (Å²) in [6.07, 6.45) is 10.9. The SMILES string of the molecule is CCNC(=NCC1(CC)CCCC1)NC1CCN(Cc2ccccn2)CC1.I. The van der Waals surface area contributed by atoms with Gasteiger partial charge < -0.3 is 10.6 Å². The summed E-state index contributed by atoms with van der Waals surface area (Å²) in [4.78, 5) is 12.0. The molecule has 3 rings (SSSR count). The fourth-order valence-corrected chi connectivity index (χ4v) is 4.46. The minimum absolute atomic E-state index is 0. The van der Waals surface area contributed by atoms with E-state index in [-0.39, 0.29) is 24.0 Å². The minimum atomic E-state index is 0. The number of aliphatic imine (C=N–C) groups is 1. The highest BCUT2D eigenvalue weighted by molar-refractivity contribution is 14.0. The quantitative estimate of drug-likeness (QED) is 0.336. The Kier molecular flexibility index (Phi) is 9.99. The minimum Gasteiger partial charge on any atom is -0.357 e. The van der Waals surface area contributed by atoms with Crippen LogP contribution < -0.4 is 10.6 Å². The van der Waals surface area contributed by atoms with Crippen LogP contribution in [0.4, 0.5) is 0 Å². The summed E-state index contributed by atoms with van der Waals surface area (Å²) in [5.41, 5.74) is 1.62. The van der Waals surface area contributed by atoms with Gasteiger partial charge in [0.05, 0.1) is 5.69 Å². The van der Waals surface area contributed by atoms with E-state index in [4.69, 9.17) is 4.99 Å². The second-order valence-electron chi connectivity index (χ2n) is 8.27. The molecule has 2 aliphatic rings. The van der Waals surface area contributed by atoms with Crippen LogP contribution >= 0.6 is 24.0 Å². The molecule has 5 nitrogen and oxygen atoms in total. The van der Waals surface area contributed by atoms with Crippen molar-refractivity contribution in [3.05, 3.63) is 30.1 Å². The van der Waals surface area contributed by atoms with Gasteiger partial charge in [-0.2, -0.15) is 0 Å². The maximum Gasteiger partial charge on any atom is 0.191 e. The monoisotopic (exact) mass is 499 g/mol. The molecule has 2 heterocycles. The van der Waals surface area contributed by atoms with E-state index in [9.17, 15) is 0 Å². The van der Waals surface area contributed by atoms with Crippen LogP contribution in [0.15, 0.2) is 29.4 Å². The van der Waals surface area contributed by atoms with Crippen LogP contribution in [0, 0.1) is 5.41 Å². The Morgan fingerprint density at radius 1 is 1.21 bits per heavy atom. The highest BCUT2D eigenvalue weighted by atomic mass is 127. The molecule has 0 aromatic carbocycles. The van der Waals surface area contributed by atoms with E-state index in [1.807, 2.05) is 12.3 Å². The fourth-order valence-electron chi connectivity index (χ4n) is 4.46. The van der Waals surface area contributed by atoms with Crippen molar-refractivity contribution in [3.63, 3.8) is 0 Å². The van der Waals surface area contributed by atoms with Crippen LogP contribution in [-0.4, -0.2) is 48.1 Å². The molecule has 1 saturated heterocycles. The zero-order chi connectivity index (χ0) is 19.0. The molecular weight excluding hydrogens is 461 g/mol. The van der Waals surface area contributed by atoms with Crippen LogP contribution in [-0.2, 0) is 6.54 Å². The third-order valence-corrected chi connectivity index (χ3v) is 6.37. The highest BCUT2D eigenvalue weighted by Crippen LogP contribution is 2.41. The van der Waals surface area contributed by atoms with Gasteiger partial charge in [-0.05, 0) is 56.6 Å². The number of likely N-dealkylation sites (tertiary alicyclic amines) is 1. The molecule has 1 aliphatic carbocycles. The number of halogens is 1. The Balaban J connectivity index is 0.00000280. The molecule has 2 fully saturated rings. The van der Waals surface area contributed by atoms with Gasteiger partial charge in [-0.1, -0.05) is 25.8 Å². The summed E-state index contributed by atoms with van der Waals surface area (Å²) in [6, 6.07) is 6.69. The molecule has 1 aliphatic heterocycles. The molecule has 1 saturated carbocycles. The van der Waals surface area contributed by atoms with Gasteiger partial charge in [0.2, 0.25) is 0 Å². The van der Waals surface area contributed by atoms with Gasteiger partial charge in [-0.25, -0.2) is 0 Å². The molecule has 2 N–H and O–H groups in total. The Hall–Kier alpha value is -0.890. The van der Waals surface area contributed by atoms with Crippen molar-refractivity contribution >= 4 is 29.9 Å². The third-order valence-electron chi connectivity index (χ3n) is 6.37. The molecule has 0 atom stereocenters. The maximum atomic E-state index is 4.99. The van der Waals surface area contributed by atoms with Crippen molar-refractivity contribution in [1.82, 2.24) is 20.5 Å². The molecule has 1 aromatic rings. The molecule has 0 amide bonds. The van der Waals surface area contributed by atoms with Crippen LogP contribution in [0.5, 0.6) is 0 Å². The van der Waals surface area contributed by atoms with E-state index in [1.165, 1.54) is 37.8 Å². The zero-order valence-electron chi connectivity index (χ0n) is 17.6. The summed E-state index contributed by atoms with van der Waals surface area (Å²) in [5, 5.41) is 7.16. The summed E-state index contributed by atoms with van der Waals surface area (Å²) in [6.45, 7) is 9.57. The molecule has 0 spiro atoms. The highest BCUT2D eigenvalue weighted by Gasteiger charge is 2.31. The lowest BCUT2D eigenvalue weighted by Gasteiger charge is -2.33. The fraction of sp³-hybridized carbons (Fsp3) is 0.727. The number of guanidine groups is 1. The Morgan fingerprint density at radius 2 is 1.96 bits per heavy atom. The Morgan fingerprint density at radius 3 is 2.57 bits per heavy atom. The lowest BCUT2D eigenvalue weighted by Crippen LogP contribution is -2.48. The van der Waals surface area contributed by atoms with Gasteiger partial charge >= 0.3 is 0 Å². The second-order valence-corrected chi connectivity index (χ2v) is 8.27. The smallest absolute Gasteiger partial charge is 0.191 e. The van der Waals surface area contributed by atoms with E-state index >= 15 is 0 Å². The topological polar surface area (TPSA) is 52.6 Å². The molecule has 0 radical (unpaired) electrons. The van der Waals surface area contributed by atoms with Gasteiger partial charge in [-0.15, -0.1) is 24.0 Å². The predicted octanol–water partition coefficient (Wildman–Crippen LogP) is 4.19. The van der Waals surface area contributed by atoms with Crippen molar-refractivity contribution in [1.29, 1.82) is 0 Å². The Labute approximate surface area is 188 Å². The van der Waals surface area contributed by atoms with E-state index in [0.29, 0.717) is 11.5 Å². The largest absolute Gasteiger partial charge is 0.357 e. The van der Waals surface area contributed by atoms with Crippen LogP contribution in [0.25, 0.3) is 0 Å². The first-order valence-corrected chi connectivity index (χ1v) is 10.9. The van der Waals surface area contributed by atoms with Crippen molar-refractivity contribution in [2.24, 2.45) is 10.4 Å². The first kappa shape index (κ1) is 23.4. The third kappa shape index (κ3) is 6.87. The molecule has 0 unspecified atom stereocenters. The van der Waals surface area contributed by atoms with Crippen LogP contribution in [0.3, 0.4) is 0 Å². The zero-order valence-corrected chi connectivity index (χ0v) is 20.0. The van der Waals surface area contributed by atoms with Crippen LogP contribution in [0.2, 0.25) is 0 Å². The molecule has 0 bridgehead atoms. The van der Waals surface area contributed by atoms with E-state index < -0.39 is 0 Å². The summed E-state index contributed by atoms with van der Waals surface area (Å²) in [5.74, 6) is 1.01. The number of hydrogen-bond acceptors (Lipinski definition) is 3. The molecule has 158 valence electrons. The molecule has 6 heteroatoms. The Bertz CT molecular complexity index is 578. The van der Waals surface area contributed by atoms with E-state index in [1.54, 1.807) is 0 Å². The normalized spacial score (nSPS) is 20.6. The van der Waals surface area contributed by atoms with Gasteiger partial charge in [0.25, 0.3) is 0 Å². The first-order valence-electron chi connectivity index (χ1n) is 10.9. The van der Waals surface area contributed by atoms with Crippen molar-refractivity contribution in [3.8, 4) is 0 Å². The number of aromatic nitrogens is 1. The van der Waals surface area contributed by atoms with Crippen molar-refractivity contribution in [2.75, 3.05) is 26.2 Å². The van der Waals surface area contributed by atoms with Gasteiger partial charge in [0.1, 0.15) is 0 Å². The molecular formula is C22H38IN5. The van der Waals surface area contributed by atoms with Gasteiger partial charge in [0, 0.05) is 45.0 Å². The summed E-state index contributed by atoms with van der Waals surface area (Å²) in [7, 11) is 0. The number of nitrogens with one attached hydrogen (secondary N) is 2. The predicted molar refractivity (Wildman–Crippen MR) is 128 cm³/mol. The molecule has 1 aromatic heterocycles. The van der Waals surface area contributed by atoms with Crippen molar-refractivity contribution in [2.45, 2.75) is 71.4 Å². The lowest BCUT2D eigenvalue weighted by molar-refractivity contribution is 0.196. The van der Waals surface area contributed by atoms with Gasteiger partial charge in [-0.3, -0.25) is 14.9 Å². The average molecular weight is 499 g/mol. The number of nitrogens with zero attached hydrogens (tertiary/aromatic N) is 3. The van der Waals surface area contributed by atoms with Gasteiger partial charge in [0.15, 0.2) is 5.96 Å². The number of piperidine rings is 1. The van der Waals surface area contributed by atoms with Crippen molar-refractivity contribution < 1.29 is 0 Å². The maximum absolute atomic E-state index is 4.99. The standard InChI is InChI=1S/C22H37N5.HI/c1-3-22(12-6-7-13-22)18-25-21(23-4-2)26-19-10-15-27(16-11-19)17-20-9-5-8-14-24-20;/h5,8-9,14,19H,3-4,6-7,10-13,15-18H2,1-2H3,(H2,23,25,26);1H. The lowest BCUT2D eigenvalue weighted by atomic mass is 9.84. The second kappa shape index (κ2) is 12.0. The average Bonchev–Trinajstić information content (AvgIpc) is 3.18. The molecule has 28 heavy (non-hydrogen) atoms. The first-order chi connectivity index (χ1) is 13.2. The van der Waals surface area contributed by atoms with E-state index in [2.05, 4.69) is 46.5 Å². The van der Waals surface area contributed by atoms with Crippen LogP contribution in [0.1, 0.15) is 64.5 Å². The number of hydrogen-bond donors (Lipinski definition) is 2. The van der Waals surface area contributed by atoms with E-state index in [0.717, 1.165) is 51.5 Å².